The zero-order valence-electron chi connectivity index (χ0n) is 13.5. The molecule has 0 heterocycles. The van der Waals surface area contributed by atoms with Gasteiger partial charge in [0, 0.05) is 31.2 Å². The van der Waals surface area contributed by atoms with Gasteiger partial charge < -0.3 is 15.0 Å². The molecule has 1 amide bonds. The van der Waals surface area contributed by atoms with E-state index in [2.05, 4.69) is 26.1 Å². The molecule has 0 aliphatic rings. The lowest BCUT2D eigenvalue weighted by molar-refractivity contribution is -0.131. The first-order valence-corrected chi connectivity index (χ1v) is 7.51. The van der Waals surface area contributed by atoms with E-state index in [9.17, 15) is 4.79 Å². The number of hydrogen-bond donors (Lipinski definition) is 1. The summed E-state index contributed by atoms with van der Waals surface area (Å²) in [5.41, 5.74) is 0.946. The monoisotopic (exact) mass is 312 g/mol. The number of halogens is 1. The zero-order valence-corrected chi connectivity index (χ0v) is 14.3. The largest absolute Gasteiger partial charge is 0.482 e. The Morgan fingerprint density at radius 3 is 2.62 bits per heavy atom. The van der Waals surface area contributed by atoms with E-state index in [1.807, 2.05) is 19.1 Å². The van der Waals surface area contributed by atoms with Crippen LogP contribution in [-0.2, 0) is 11.3 Å². The minimum Gasteiger partial charge on any atom is -0.482 e. The van der Waals surface area contributed by atoms with E-state index in [1.54, 1.807) is 18.0 Å². The first-order valence-electron chi connectivity index (χ1n) is 7.13. The maximum absolute atomic E-state index is 11.8. The summed E-state index contributed by atoms with van der Waals surface area (Å²) in [6.07, 6.45) is 0. The Hall–Kier alpha value is -1.26. The molecule has 1 aromatic carbocycles. The molecule has 0 fully saturated rings. The fraction of sp³-hybridized carbons (Fsp3) is 0.562. The number of nitrogens with one attached hydrogen (secondary N) is 1. The van der Waals surface area contributed by atoms with Gasteiger partial charge in [-0.25, -0.2) is 0 Å². The van der Waals surface area contributed by atoms with Gasteiger partial charge in [-0.1, -0.05) is 23.7 Å². The Labute approximate surface area is 132 Å². The molecule has 0 unspecified atom stereocenters. The lowest BCUT2D eigenvalue weighted by atomic mass is 10.1. The molecule has 21 heavy (non-hydrogen) atoms. The van der Waals surface area contributed by atoms with Crippen LogP contribution in [0.15, 0.2) is 18.2 Å². The van der Waals surface area contributed by atoms with Crippen molar-refractivity contribution in [1.82, 2.24) is 10.2 Å². The fourth-order valence-corrected chi connectivity index (χ4v) is 1.88. The minimum absolute atomic E-state index is 0.00215. The highest BCUT2D eigenvalue weighted by molar-refractivity contribution is 6.32. The summed E-state index contributed by atoms with van der Waals surface area (Å²) < 4.78 is 5.65. The predicted octanol–water partition coefficient (Wildman–Crippen LogP) is 3.09. The van der Waals surface area contributed by atoms with Crippen LogP contribution in [0.5, 0.6) is 5.75 Å². The molecule has 118 valence electrons. The number of likely N-dealkylation sites (N-methyl/N-ethyl adjacent to an activating group) is 1. The van der Waals surface area contributed by atoms with Gasteiger partial charge in [-0.2, -0.15) is 0 Å². The second-order valence-corrected chi connectivity index (χ2v) is 6.44. The quantitative estimate of drug-likeness (QED) is 0.877. The van der Waals surface area contributed by atoms with Crippen LogP contribution in [0.4, 0.5) is 0 Å². The van der Waals surface area contributed by atoms with E-state index in [4.69, 9.17) is 16.3 Å². The summed E-state index contributed by atoms with van der Waals surface area (Å²) in [4.78, 5) is 13.4. The minimum atomic E-state index is -0.0628. The molecule has 5 heteroatoms. The summed E-state index contributed by atoms with van der Waals surface area (Å²) in [5.74, 6) is 0.515. The Morgan fingerprint density at radius 1 is 1.38 bits per heavy atom. The molecule has 0 aliphatic carbocycles. The number of carbonyl (C=O) groups excluding carboxylic acids is 1. The first kappa shape index (κ1) is 17.8. The third-order valence-electron chi connectivity index (χ3n) is 3.10. The maximum Gasteiger partial charge on any atom is 0.260 e. The smallest absolute Gasteiger partial charge is 0.260 e. The Kier molecular flexibility index (Phi) is 6.49. The van der Waals surface area contributed by atoms with Gasteiger partial charge in [0.1, 0.15) is 5.75 Å². The van der Waals surface area contributed by atoms with Gasteiger partial charge >= 0.3 is 0 Å². The second-order valence-electron chi connectivity index (χ2n) is 6.03. The molecule has 1 rings (SSSR count). The summed E-state index contributed by atoms with van der Waals surface area (Å²) in [5, 5.41) is 3.92. The molecular weight excluding hydrogens is 288 g/mol. The van der Waals surface area contributed by atoms with Crippen molar-refractivity contribution in [2.45, 2.75) is 39.8 Å². The normalized spacial score (nSPS) is 11.3. The molecule has 4 nitrogen and oxygen atoms in total. The lowest BCUT2D eigenvalue weighted by Gasteiger charge is -2.22. The lowest BCUT2D eigenvalue weighted by Crippen LogP contribution is -2.35. The molecule has 0 saturated carbocycles. The predicted molar refractivity (Wildman–Crippen MR) is 86.9 cm³/mol. The van der Waals surface area contributed by atoms with E-state index < -0.39 is 0 Å². The van der Waals surface area contributed by atoms with Crippen LogP contribution in [0.3, 0.4) is 0 Å². The molecule has 0 aromatic heterocycles. The number of rotatable bonds is 6. The number of ether oxygens (including phenoxy) is 1. The average molecular weight is 313 g/mol. The van der Waals surface area contributed by atoms with E-state index in [-0.39, 0.29) is 18.1 Å². The molecule has 0 aliphatic heterocycles. The van der Waals surface area contributed by atoms with E-state index in [0.717, 1.165) is 5.56 Å². The van der Waals surface area contributed by atoms with Crippen molar-refractivity contribution in [1.29, 1.82) is 0 Å². The van der Waals surface area contributed by atoms with Gasteiger partial charge in [0.25, 0.3) is 5.91 Å². The van der Waals surface area contributed by atoms with Gasteiger partial charge in [-0.15, -0.1) is 0 Å². The summed E-state index contributed by atoms with van der Waals surface area (Å²) in [6.45, 7) is 9.50. The van der Waals surface area contributed by atoms with Crippen LogP contribution in [0.1, 0.15) is 33.3 Å². The van der Waals surface area contributed by atoms with Crippen LogP contribution in [-0.4, -0.2) is 36.5 Å². The number of benzene rings is 1. The molecule has 0 bridgehead atoms. The summed E-state index contributed by atoms with van der Waals surface area (Å²) >= 11 is 6.20. The number of nitrogens with zero attached hydrogens (tertiary/aromatic N) is 1. The van der Waals surface area contributed by atoms with E-state index in [0.29, 0.717) is 23.9 Å². The van der Waals surface area contributed by atoms with Crippen molar-refractivity contribution in [2.75, 3.05) is 20.2 Å². The summed E-state index contributed by atoms with van der Waals surface area (Å²) in [7, 11) is 1.75. The molecule has 1 N–H and O–H groups in total. The number of carbonyl (C=O) groups is 1. The van der Waals surface area contributed by atoms with Crippen LogP contribution in [0.25, 0.3) is 0 Å². The van der Waals surface area contributed by atoms with Crippen molar-refractivity contribution >= 4 is 17.5 Å². The summed E-state index contributed by atoms with van der Waals surface area (Å²) in [6, 6.07) is 5.61. The maximum atomic E-state index is 11.8. The molecular formula is C16H25ClN2O2. The van der Waals surface area contributed by atoms with Crippen molar-refractivity contribution in [3.05, 3.63) is 28.8 Å². The van der Waals surface area contributed by atoms with E-state index in [1.165, 1.54) is 0 Å². The molecule has 0 spiro atoms. The van der Waals surface area contributed by atoms with Crippen LogP contribution in [0.2, 0.25) is 5.02 Å². The zero-order chi connectivity index (χ0) is 16.0. The highest BCUT2D eigenvalue weighted by atomic mass is 35.5. The van der Waals surface area contributed by atoms with Gasteiger partial charge in [0.2, 0.25) is 0 Å². The second kappa shape index (κ2) is 7.66. The van der Waals surface area contributed by atoms with Crippen LogP contribution >= 0.6 is 11.6 Å². The Morgan fingerprint density at radius 2 is 2.05 bits per heavy atom. The molecule has 1 aromatic rings. The van der Waals surface area contributed by atoms with Gasteiger partial charge in [0.15, 0.2) is 6.61 Å². The fourth-order valence-electron chi connectivity index (χ4n) is 1.64. The number of amides is 1. The van der Waals surface area contributed by atoms with Crippen molar-refractivity contribution in [3.8, 4) is 5.75 Å². The van der Waals surface area contributed by atoms with Gasteiger partial charge in [-0.05, 0) is 33.8 Å². The highest BCUT2D eigenvalue weighted by Crippen LogP contribution is 2.29. The van der Waals surface area contributed by atoms with Crippen molar-refractivity contribution < 1.29 is 9.53 Å². The molecule has 0 atom stereocenters. The van der Waals surface area contributed by atoms with Crippen molar-refractivity contribution in [2.24, 2.45) is 0 Å². The van der Waals surface area contributed by atoms with Gasteiger partial charge in [-0.3, -0.25) is 4.79 Å². The standard InChI is InChI=1S/C16H25ClN2O2/c1-6-19(5)14(20)11-21-15-12(8-7-9-13(15)17)10-18-16(2,3)4/h7-9,18H,6,10-11H2,1-5H3. The van der Waals surface area contributed by atoms with E-state index >= 15 is 0 Å². The number of hydrogen-bond acceptors (Lipinski definition) is 3. The van der Waals surface area contributed by atoms with Crippen molar-refractivity contribution in [3.63, 3.8) is 0 Å². The highest BCUT2D eigenvalue weighted by Gasteiger charge is 2.15. The Balaban J connectivity index is 2.78. The topological polar surface area (TPSA) is 41.6 Å². The van der Waals surface area contributed by atoms with Gasteiger partial charge in [0.05, 0.1) is 5.02 Å². The first-order chi connectivity index (χ1) is 9.74. The molecule has 0 saturated heterocycles. The average Bonchev–Trinajstić information content (AvgIpc) is 2.41. The van der Waals surface area contributed by atoms with Crippen LogP contribution < -0.4 is 10.1 Å². The third kappa shape index (κ3) is 5.94. The number of para-hydroxylation sites is 1. The molecule has 0 radical (unpaired) electrons. The van der Waals surface area contributed by atoms with Crippen LogP contribution in [0, 0.1) is 0 Å². The Bertz CT molecular complexity index is 484. The SMILES string of the molecule is CCN(C)C(=O)COc1c(Cl)cccc1CNC(C)(C)C. The third-order valence-corrected chi connectivity index (χ3v) is 3.40.